The van der Waals surface area contributed by atoms with E-state index < -0.39 is 0 Å². The largest absolute Gasteiger partial charge is 0.336 e. The number of hydrogen-bond donors (Lipinski definition) is 0. The van der Waals surface area contributed by atoms with Gasteiger partial charge in [0.15, 0.2) is 0 Å². The average Bonchev–Trinajstić information content (AvgIpc) is 3.17. The summed E-state index contributed by atoms with van der Waals surface area (Å²) in [5, 5.41) is 1.61. The molecule has 0 bridgehead atoms. The van der Waals surface area contributed by atoms with Gasteiger partial charge in [0.05, 0.1) is 21.8 Å². The number of carbonyl (C=O) groups is 1. The molecule has 1 aliphatic heterocycles. The van der Waals surface area contributed by atoms with Gasteiger partial charge in [0, 0.05) is 36.3 Å². The lowest BCUT2D eigenvalue weighted by Gasteiger charge is -2.37. The maximum atomic E-state index is 13.1. The molecule has 1 aromatic heterocycles. The van der Waals surface area contributed by atoms with Gasteiger partial charge in [0.25, 0.3) is 5.91 Å². The van der Waals surface area contributed by atoms with Crippen LogP contribution in [0.25, 0.3) is 10.2 Å². The Balaban J connectivity index is 1.42. The first-order valence-corrected chi connectivity index (χ1v) is 11.9. The zero-order valence-corrected chi connectivity index (χ0v) is 18.8. The van der Waals surface area contributed by atoms with Crippen molar-refractivity contribution in [3.8, 4) is 0 Å². The Hall–Kier alpha value is -1.89. The van der Waals surface area contributed by atoms with E-state index in [1.165, 1.54) is 4.70 Å². The van der Waals surface area contributed by atoms with E-state index in [0.717, 1.165) is 47.2 Å². The molecule has 29 heavy (non-hydrogen) atoms. The monoisotopic (exact) mass is 425 g/mol. The maximum Gasteiger partial charge on any atom is 0.255 e. The molecule has 4 rings (SSSR count). The van der Waals surface area contributed by atoms with E-state index in [9.17, 15) is 4.79 Å². The molecule has 0 saturated carbocycles. The molecule has 4 nitrogen and oxygen atoms in total. The van der Waals surface area contributed by atoms with Gasteiger partial charge in [0.2, 0.25) is 0 Å². The number of thiazole rings is 1. The Morgan fingerprint density at radius 1 is 1.00 bits per heavy atom. The zero-order valence-electron chi connectivity index (χ0n) is 17.2. The molecule has 0 unspecified atom stereocenters. The van der Waals surface area contributed by atoms with Gasteiger partial charge >= 0.3 is 0 Å². The van der Waals surface area contributed by atoms with Gasteiger partial charge in [-0.1, -0.05) is 38.1 Å². The SMILES string of the molecule is CC(C)Sc1ccccc1C(=O)N1CCN([C@H](C)c2nc3ccccc3s2)CC1. The minimum absolute atomic E-state index is 0.154. The van der Waals surface area contributed by atoms with Crippen LogP contribution in [0.15, 0.2) is 53.4 Å². The van der Waals surface area contributed by atoms with Gasteiger partial charge in [-0.25, -0.2) is 4.98 Å². The highest BCUT2D eigenvalue weighted by molar-refractivity contribution is 8.00. The normalized spacial score (nSPS) is 16.5. The third-order valence-corrected chi connectivity index (χ3v) is 7.59. The minimum atomic E-state index is 0.154. The van der Waals surface area contributed by atoms with Crippen LogP contribution in [0.2, 0.25) is 0 Å². The predicted molar refractivity (Wildman–Crippen MR) is 123 cm³/mol. The van der Waals surface area contributed by atoms with E-state index in [-0.39, 0.29) is 11.9 Å². The van der Waals surface area contributed by atoms with Gasteiger partial charge in [-0.15, -0.1) is 23.1 Å². The minimum Gasteiger partial charge on any atom is -0.336 e. The van der Waals surface area contributed by atoms with Crippen molar-refractivity contribution in [3.63, 3.8) is 0 Å². The Kier molecular flexibility index (Phi) is 6.23. The van der Waals surface area contributed by atoms with Crippen molar-refractivity contribution < 1.29 is 4.79 Å². The fraction of sp³-hybridized carbons (Fsp3) is 0.391. The lowest BCUT2D eigenvalue weighted by atomic mass is 10.1. The number of piperazine rings is 1. The molecule has 0 radical (unpaired) electrons. The van der Waals surface area contributed by atoms with Crippen molar-refractivity contribution in [3.05, 3.63) is 59.1 Å². The lowest BCUT2D eigenvalue weighted by Crippen LogP contribution is -2.49. The maximum absolute atomic E-state index is 13.1. The summed E-state index contributed by atoms with van der Waals surface area (Å²) in [6.07, 6.45) is 0. The third kappa shape index (κ3) is 4.49. The molecule has 6 heteroatoms. The summed E-state index contributed by atoms with van der Waals surface area (Å²) in [7, 11) is 0. The van der Waals surface area contributed by atoms with Crippen LogP contribution in [0.4, 0.5) is 0 Å². The fourth-order valence-electron chi connectivity index (χ4n) is 3.71. The van der Waals surface area contributed by atoms with E-state index in [2.05, 4.69) is 49.9 Å². The standard InChI is InChI=1S/C23H27N3OS2/c1-16(2)28-20-10-6-4-8-18(20)23(27)26-14-12-25(13-15-26)17(3)22-24-19-9-5-7-11-21(19)29-22/h4-11,16-17H,12-15H2,1-3H3/t17-/m1/s1. The molecule has 1 aliphatic rings. The van der Waals surface area contributed by atoms with Gasteiger partial charge in [-0.05, 0) is 31.2 Å². The number of rotatable bonds is 5. The molecule has 1 fully saturated rings. The van der Waals surface area contributed by atoms with E-state index in [0.29, 0.717) is 5.25 Å². The summed E-state index contributed by atoms with van der Waals surface area (Å²) in [5.74, 6) is 0.154. The van der Waals surface area contributed by atoms with E-state index in [1.54, 1.807) is 23.1 Å². The van der Waals surface area contributed by atoms with Crippen LogP contribution in [0.1, 0.15) is 42.2 Å². The zero-order chi connectivity index (χ0) is 20.4. The Labute approximate surface area is 180 Å². The Bertz CT molecular complexity index is 959. The fourth-order valence-corrected chi connectivity index (χ4v) is 5.71. The van der Waals surface area contributed by atoms with E-state index in [1.807, 2.05) is 29.2 Å². The predicted octanol–water partition coefficient (Wildman–Crippen LogP) is 5.32. The highest BCUT2D eigenvalue weighted by Gasteiger charge is 2.27. The van der Waals surface area contributed by atoms with Crippen LogP contribution >= 0.6 is 23.1 Å². The van der Waals surface area contributed by atoms with Gasteiger partial charge < -0.3 is 4.90 Å². The number of aromatic nitrogens is 1. The Morgan fingerprint density at radius 2 is 1.69 bits per heavy atom. The smallest absolute Gasteiger partial charge is 0.255 e. The molecule has 1 saturated heterocycles. The number of carbonyl (C=O) groups excluding carboxylic acids is 1. The van der Waals surface area contributed by atoms with Crippen LogP contribution in [0, 0.1) is 0 Å². The highest BCUT2D eigenvalue weighted by atomic mass is 32.2. The summed E-state index contributed by atoms with van der Waals surface area (Å²) in [6, 6.07) is 16.6. The van der Waals surface area contributed by atoms with Crippen molar-refractivity contribution in [2.24, 2.45) is 0 Å². The molecular formula is C23H27N3OS2. The van der Waals surface area contributed by atoms with Crippen molar-refractivity contribution in [2.75, 3.05) is 26.2 Å². The average molecular weight is 426 g/mol. The number of para-hydroxylation sites is 1. The highest BCUT2D eigenvalue weighted by Crippen LogP contribution is 2.31. The summed E-state index contributed by atoms with van der Waals surface area (Å²) in [6.45, 7) is 9.82. The van der Waals surface area contributed by atoms with Crippen molar-refractivity contribution >= 4 is 39.2 Å². The molecule has 152 valence electrons. The number of thioether (sulfide) groups is 1. The molecule has 1 atom stereocenters. The molecule has 1 amide bonds. The van der Waals surface area contributed by atoms with E-state index >= 15 is 0 Å². The van der Waals surface area contributed by atoms with Gasteiger partial charge in [-0.3, -0.25) is 9.69 Å². The van der Waals surface area contributed by atoms with Gasteiger partial charge in [0.1, 0.15) is 5.01 Å². The number of nitrogens with zero attached hydrogens (tertiary/aromatic N) is 3. The van der Waals surface area contributed by atoms with Gasteiger partial charge in [-0.2, -0.15) is 0 Å². The molecule has 0 aliphatic carbocycles. The lowest BCUT2D eigenvalue weighted by molar-refractivity contribution is 0.0579. The summed E-state index contributed by atoms with van der Waals surface area (Å²) in [5.41, 5.74) is 1.91. The number of benzene rings is 2. The molecule has 0 N–H and O–H groups in total. The van der Waals surface area contributed by atoms with Crippen molar-refractivity contribution in [1.29, 1.82) is 0 Å². The molecule has 2 heterocycles. The number of hydrogen-bond acceptors (Lipinski definition) is 5. The Morgan fingerprint density at radius 3 is 2.41 bits per heavy atom. The summed E-state index contributed by atoms with van der Waals surface area (Å²) < 4.78 is 1.24. The topological polar surface area (TPSA) is 36.4 Å². The number of amides is 1. The van der Waals surface area contributed by atoms with Crippen LogP contribution in [-0.4, -0.2) is 52.1 Å². The molecule has 2 aromatic carbocycles. The second-order valence-electron chi connectivity index (χ2n) is 7.69. The first-order chi connectivity index (χ1) is 14.0. The summed E-state index contributed by atoms with van der Waals surface area (Å²) in [4.78, 5) is 23.5. The van der Waals surface area contributed by atoms with Crippen LogP contribution in [-0.2, 0) is 0 Å². The van der Waals surface area contributed by atoms with Crippen LogP contribution in [0.5, 0.6) is 0 Å². The van der Waals surface area contributed by atoms with Crippen LogP contribution < -0.4 is 0 Å². The molecule has 0 spiro atoms. The summed E-state index contributed by atoms with van der Waals surface area (Å²) >= 11 is 3.53. The number of fused-ring (bicyclic) bond motifs is 1. The molecule has 3 aromatic rings. The first-order valence-electron chi connectivity index (χ1n) is 10.2. The quantitative estimate of drug-likeness (QED) is 0.519. The first kappa shape index (κ1) is 20.4. The van der Waals surface area contributed by atoms with Crippen LogP contribution in [0.3, 0.4) is 0 Å². The van der Waals surface area contributed by atoms with Crippen molar-refractivity contribution in [2.45, 2.75) is 37.0 Å². The van der Waals surface area contributed by atoms with E-state index in [4.69, 9.17) is 4.98 Å². The second kappa shape index (κ2) is 8.86. The molecular weight excluding hydrogens is 398 g/mol. The third-order valence-electron chi connectivity index (χ3n) is 5.30. The van der Waals surface area contributed by atoms with Crippen molar-refractivity contribution in [1.82, 2.24) is 14.8 Å². The second-order valence-corrected chi connectivity index (χ2v) is 10.4.